The fourth-order valence-corrected chi connectivity index (χ4v) is 2.02. The maximum absolute atomic E-state index is 11.3. The normalized spacial score (nSPS) is 17.8. The predicted octanol–water partition coefficient (Wildman–Crippen LogP) is 0.673. The minimum atomic E-state index is -0.263. The Morgan fingerprint density at radius 2 is 2.31 bits per heavy atom. The van der Waals surface area contributed by atoms with Crippen LogP contribution in [0.15, 0.2) is 0 Å². The van der Waals surface area contributed by atoms with Gasteiger partial charge in [-0.2, -0.15) is 0 Å². The molecule has 1 aliphatic rings. The van der Waals surface area contributed by atoms with E-state index in [0.717, 1.165) is 16.7 Å². The molecular weight excluding hydrogens is 252 g/mol. The highest BCUT2D eigenvalue weighted by molar-refractivity contribution is 8.14. The van der Waals surface area contributed by atoms with Gasteiger partial charge < -0.3 is 5.32 Å². The smallest absolute Gasteiger partial charge is 0.288 e. The van der Waals surface area contributed by atoms with E-state index in [0.29, 0.717) is 0 Å². The molecule has 0 radical (unpaired) electrons. The second-order valence-corrected chi connectivity index (χ2v) is 4.68. The number of hydrogen-bond donors (Lipinski definition) is 1. The average Bonchev–Trinajstić information content (AvgIpc) is 2.59. The Bertz CT molecular complexity index is 295. The molecule has 0 aromatic heterocycles. The van der Waals surface area contributed by atoms with Crippen LogP contribution in [0, 0.1) is 5.92 Å². The Balaban J connectivity index is 2.28. The fourth-order valence-electron chi connectivity index (χ4n) is 1.13. The lowest BCUT2D eigenvalue weighted by atomic mass is 10.2. The van der Waals surface area contributed by atoms with Gasteiger partial charge >= 0.3 is 0 Å². The molecule has 1 atom stereocenters. The number of rotatable bonds is 5. The Morgan fingerprint density at radius 3 is 2.81 bits per heavy atom. The first-order chi connectivity index (χ1) is 7.56. The molecule has 0 bridgehead atoms. The summed E-state index contributed by atoms with van der Waals surface area (Å²) in [5.74, 6) is -0.175. The molecule has 0 saturated carbocycles. The molecule has 16 heavy (non-hydrogen) atoms. The first-order valence-electron chi connectivity index (χ1n) is 4.87. The minimum Gasteiger partial charge on any atom is -0.354 e. The molecule has 1 unspecified atom stereocenters. The van der Waals surface area contributed by atoms with Crippen molar-refractivity contribution in [1.82, 2.24) is 10.2 Å². The van der Waals surface area contributed by atoms with E-state index in [1.54, 1.807) is 6.92 Å². The van der Waals surface area contributed by atoms with Crippen molar-refractivity contribution in [2.24, 2.45) is 5.92 Å². The van der Waals surface area contributed by atoms with Crippen LogP contribution in [0.3, 0.4) is 0 Å². The largest absolute Gasteiger partial charge is 0.354 e. The Kier molecular flexibility index (Phi) is 5.08. The summed E-state index contributed by atoms with van der Waals surface area (Å²) >= 11 is 6.50. The molecular formula is C9H13ClN2O3S. The van der Waals surface area contributed by atoms with Gasteiger partial charge in [-0.15, -0.1) is 11.6 Å². The lowest BCUT2D eigenvalue weighted by molar-refractivity contribution is -0.126. The molecule has 90 valence electrons. The molecule has 1 saturated heterocycles. The van der Waals surface area contributed by atoms with Crippen molar-refractivity contribution in [3.63, 3.8) is 0 Å². The number of nitrogens with zero attached hydrogens (tertiary/aromatic N) is 1. The lowest BCUT2D eigenvalue weighted by Gasteiger charge is -2.14. The van der Waals surface area contributed by atoms with E-state index in [-0.39, 0.29) is 47.7 Å². The summed E-state index contributed by atoms with van der Waals surface area (Å²) in [5, 5.41) is 2.38. The van der Waals surface area contributed by atoms with Gasteiger partial charge in [0.15, 0.2) is 0 Å². The highest BCUT2D eigenvalue weighted by atomic mass is 35.5. The van der Waals surface area contributed by atoms with E-state index in [2.05, 4.69) is 5.32 Å². The zero-order valence-corrected chi connectivity index (χ0v) is 10.4. The van der Waals surface area contributed by atoms with Crippen molar-refractivity contribution in [3.05, 3.63) is 0 Å². The van der Waals surface area contributed by atoms with Gasteiger partial charge in [0.2, 0.25) is 11.8 Å². The summed E-state index contributed by atoms with van der Waals surface area (Å²) in [6.07, 6.45) is 0. The molecule has 1 N–H and O–H groups in total. The van der Waals surface area contributed by atoms with Crippen LogP contribution in [0.1, 0.15) is 6.92 Å². The van der Waals surface area contributed by atoms with Crippen molar-refractivity contribution in [1.29, 1.82) is 0 Å². The van der Waals surface area contributed by atoms with Gasteiger partial charge in [-0.1, -0.05) is 18.7 Å². The van der Waals surface area contributed by atoms with E-state index < -0.39 is 0 Å². The highest BCUT2D eigenvalue weighted by Gasteiger charge is 2.29. The average molecular weight is 265 g/mol. The molecule has 5 nitrogen and oxygen atoms in total. The van der Waals surface area contributed by atoms with Gasteiger partial charge in [-0.05, 0) is 0 Å². The number of thioether (sulfide) groups is 1. The molecule has 1 fully saturated rings. The molecule has 1 aliphatic heterocycles. The zero-order valence-electron chi connectivity index (χ0n) is 8.86. The standard InChI is InChI=1S/C9H13ClN2O3S/c1-6(4-10)8(14)11-2-3-12-7(13)5-16-9(12)15/h6H,2-5H2,1H3,(H,11,14). The number of nitrogens with one attached hydrogen (secondary N) is 1. The van der Waals surface area contributed by atoms with Crippen molar-refractivity contribution in [3.8, 4) is 0 Å². The number of hydrogen-bond acceptors (Lipinski definition) is 4. The maximum Gasteiger partial charge on any atom is 0.288 e. The Hall–Kier alpha value is -0.750. The third-order valence-corrected chi connectivity index (χ3v) is 3.48. The monoisotopic (exact) mass is 264 g/mol. The number of carbonyl (C=O) groups is 3. The summed E-state index contributed by atoms with van der Waals surface area (Å²) < 4.78 is 0. The van der Waals surface area contributed by atoms with Gasteiger partial charge in [0.25, 0.3) is 5.24 Å². The highest BCUT2D eigenvalue weighted by Crippen LogP contribution is 2.17. The van der Waals surface area contributed by atoms with E-state index >= 15 is 0 Å². The van der Waals surface area contributed by atoms with E-state index in [9.17, 15) is 14.4 Å². The van der Waals surface area contributed by atoms with Crippen LogP contribution >= 0.6 is 23.4 Å². The zero-order chi connectivity index (χ0) is 12.1. The van der Waals surface area contributed by atoms with E-state index in [4.69, 9.17) is 11.6 Å². The predicted molar refractivity (Wildman–Crippen MR) is 62.5 cm³/mol. The van der Waals surface area contributed by atoms with Gasteiger partial charge in [0.1, 0.15) is 0 Å². The van der Waals surface area contributed by atoms with Crippen LogP contribution in [0.5, 0.6) is 0 Å². The van der Waals surface area contributed by atoms with Crippen molar-refractivity contribution in [2.75, 3.05) is 24.7 Å². The molecule has 1 rings (SSSR count). The molecule has 0 aromatic rings. The molecule has 7 heteroatoms. The first-order valence-corrected chi connectivity index (χ1v) is 6.39. The summed E-state index contributed by atoms with van der Waals surface area (Å²) in [7, 11) is 0. The summed E-state index contributed by atoms with van der Waals surface area (Å²) in [6, 6.07) is 0. The summed E-state index contributed by atoms with van der Waals surface area (Å²) in [5.41, 5.74) is 0. The number of alkyl halides is 1. The molecule has 0 spiro atoms. The van der Waals surface area contributed by atoms with Crippen LogP contribution in [0.4, 0.5) is 4.79 Å². The Labute approximate surface area is 103 Å². The van der Waals surface area contributed by atoms with Crippen LogP contribution < -0.4 is 5.32 Å². The van der Waals surface area contributed by atoms with E-state index in [1.165, 1.54) is 0 Å². The number of amides is 3. The van der Waals surface area contributed by atoms with Crippen LogP contribution in [-0.4, -0.2) is 46.7 Å². The lowest BCUT2D eigenvalue weighted by Crippen LogP contribution is -2.39. The SMILES string of the molecule is CC(CCl)C(=O)NCCN1C(=O)CSC1=O. The van der Waals surface area contributed by atoms with Crippen LogP contribution in [0.25, 0.3) is 0 Å². The summed E-state index contributed by atoms with van der Waals surface area (Å²) in [4.78, 5) is 34.9. The quantitative estimate of drug-likeness (QED) is 0.742. The Morgan fingerprint density at radius 1 is 1.62 bits per heavy atom. The van der Waals surface area contributed by atoms with Crippen LogP contribution in [0.2, 0.25) is 0 Å². The van der Waals surface area contributed by atoms with Gasteiger partial charge in [-0.3, -0.25) is 19.3 Å². The topological polar surface area (TPSA) is 66.5 Å². The van der Waals surface area contributed by atoms with Crippen molar-refractivity contribution < 1.29 is 14.4 Å². The number of imide groups is 1. The van der Waals surface area contributed by atoms with Crippen LogP contribution in [-0.2, 0) is 9.59 Å². The third kappa shape index (κ3) is 3.38. The van der Waals surface area contributed by atoms with E-state index in [1.807, 2.05) is 0 Å². The van der Waals surface area contributed by atoms with Gasteiger partial charge in [0.05, 0.1) is 5.75 Å². The molecule has 0 aliphatic carbocycles. The minimum absolute atomic E-state index is 0.165. The van der Waals surface area contributed by atoms with Gasteiger partial charge in [-0.25, -0.2) is 0 Å². The third-order valence-electron chi connectivity index (χ3n) is 2.15. The molecule has 1 heterocycles. The first kappa shape index (κ1) is 13.3. The number of carbonyl (C=O) groups excluding carboxylic acids is 3. The second-order valence-electron chi connectivity index (χ2n) is 3.45. The van der Waals surface area contributed by atoms with Crippen molar-refractivity contribution in [2.45, 2.75) is 6.92 Å². The molecule has 3 amide bonds. The summed E-state index contributed by atoms with van der Waals surface area (Å²) in [6.45, 7) is 2.22. The maximum atomic E-state index is 11.3. The molecule has 0 aromatic carbocycles. The fraction of sp³-hybridized carbons (Fsp3) is 0.667. The second kappa shape index (κ2) is 6.10. The van der Waals surface area contributed by atoms with Crippen molar-refractivity contribution >= 4 is 40.4 Å². The van der Waals surface area contributed by atoms with Gasteiger partial charge in [0, 0.05) is 24.9 Å². The number of halogens is 1.